The van der Waals surface area contributed by atoms with E-state index in [0.29, 0.717) is 51.9 Å². The van der Waals surface area contributed by atoms with Gasteiger partial charge in [-0.3, -0.25) is 19.2 Å². The summed E-state index contributed by atoms with van der Waals surface area (Å²) in [6.45, 7) is 5.35. The smallest absolute Gasteiger partial charge is 0.273 e. The van der Waals surface area contributed by atoms with Crippen LogP contribution in [0.15, 0.2) is 41.0 Å². The summed E-state index contributed by atoms with van der Waals surface area (Å²) in [6.07, 6.45) is 5.17. The quantitative estimate of drug-likeness (QED) is 0.418. The molecule has 11 nitrogen and oxygen atoms in total. The molecular weight excluding hydrogens is 526 g/mol. The van der Waals surface area contributed by atoms with Gasteiger partial charge in [-0.05, 0) is 49.5 Å². The topological polar surface area (TPSA) is 152 Å². The molecule has 11 heteroatoms. The van der Waals surface area contributed by atoms with Gasteiger partial charge in [0.1, 0.15) is 24.4 Å². The highest BCUT2D eigenvalue weighted by molar-refractivity contribution is 5.93. The van der Waals surface area contributed by atoms with Crippen LogP contribution in [0.3, 0.4) is 0 Å². The van der Waals surface area contributed by atoms with E-state index >= 15 is 0 Å². The molecule has 0 radical (unpaired) electrons. The van der Waals surface area contributed by atoms with Crippen molar-refractivity contribution < 1.29 is 28.3 Å². The van der Waals surface area contributed by atoms with E-state index in [1.54, 1.807) is 0 Å². The number of nitrogens with one attached hydrogen (secondary N) is 4. The van der Waals surface area contributed by atoms with Gasteiger partial charge < -0.3 is 30.4 Å². The van der Waals surface area contributed by atoms with Gasteiger partial charge in [0.05, 0.1) is 0 Å². The fraction of sp³-hybridized carbons (Fsp3) is 0.567. The van der Waals surface area contributed by atoms with Gasteiger partial charge in [0.25, 0.3) is 5.91 Å². The van der Waals surface area contributed by atoms with Gasteiger partial charge >= 0.3 is 0 Å². The number of nitrogens with zero attached hydrogens (tertiary/aromatic N) is 1. The molecule has 0 saturated carbocycles. The highest BCUT2D eigenvalue weighted by Crippen LogP contribution is 2.21. The lowest BCUT2D eigenvalue weighted by atomic mass is 9.96. The van der Waals surface area contributed by atoms with Crippen molar-refractivity contribution in [3.8, 4) is 0 Å². The van der Waals surface area contributed by atoms with Crippen molar-refractivity contribution in [1.29, 1.82) is 0 Å². The number of fused-ring (bicyclic) bond motifs is 2. The lowest BCUT2D eigenvalue weighted by molar-refractivity contribution is -0.133. The first-order valence-electron chi connectivity index (χ1n) is 14.6. The van der Waals surface area contributed by atoms with Crippen LogP contribution in [-0.2, 0) is 25.5 Å². The summed E-state index contributed by atoms with van der Waals surface area (Å²) in [5.74, 6) is -1.20. The van der Waals surface area contributed by atoms with Gasteiger partial charge in [0, 0.05) is 32.6 Å². The van der Waals surface area contributed by atoms with E-state index in [0.717, 1.165) is 18.4 Å². The Labute approximate surface area is 240 Å². The van der Waals surface area contributed by atoms with Crippen LogP contribution in [0.1, 0.15) is 80.4 Å². The molecule has 0 spiro atoms. The van der Waals surface area contributed by atoms with Crippen LogP contribution < -0.4 is 21.3 Å². The fourth-order valence-electron chi connectivity index (χ4n) is 5.15. The minimum Gasteiger partial charge on any atom is -0.446 e. The predicted octanol–water partition coefficient (Wildman–Crippen LogP) is 2.43. The SMILES string of the molecule is CC(C)[C@@H]1NC(=O)[C@@H](NC(=O)CC2CCOCC2)CCCCNC(=O)c2coc(n2)[C@@H](Cc2ccccc2)NC1=O. The van der Waals surface area contributed by atoms with Crippen molar-refractivity contribution in [1.82, 2.24) is 26.3 Å². The van der Waals surface area contributed by atoms with Crippen LogP contribution in [0.5, 0.6) is 0 Å². The van der Waals surface area contributed by atoms with Crippen molar-refractivity contribution in [2.45, 2.75) is 76.9 Å². The lowest BCUT2D eigenvalue weighted by Gasteiger charge is -2.27. The highest BCUT2D eigenvalue weighted by Gasteiger charge is 2.32. The van der Waals surface area contributed by atoms with Crippen LogP contribution in [0.4, 0.5) is 0 Å². The minimum absolute atomic E-state index is 0.131. The number of amides is 4. The molecule has 3 atom stereocenters. The van der Waals surface area contributed by atoms with Crippen LogP contribution in [0.2, 0.25) is 0 Å². The number of carbonyl (C=O) groups excluding carboxylic acids is 4. The number of oxazole rings is 1. The van der Waals surface area contributed by atoms with Crippen molar-refractivity contribution in [3.05, 3.63) is 53.7 Å². The Kier molecular flexibility index (Phi) is 10.9. The average Bonchev–Trinajstić information content (AvgIpc) is 3.45. The van der Waals surface area contributed by atoms with E-state index in [9.17, 15) is 19.2 Å². The Morgan fingerprint density at radius 3 is 2.51 bits per heavy atom. The largest absolute Gasteiger partial charge is 0.446 e. The summed E-state index contributed by atoms with van der Waals surface area (Å²) in [5.41, 5.74) is 1.07. The molecule has 4 N–H and O–H groups in total. The minimum atomic E-state index is -0.860. The third-order valence-electron chi connectivity index (χ3n) is 7.57. The first-order valence-corrected chi connectivity index (χ1v) is 14.6. The molecule has 0 aliphatic carbocycles. The first-order chi connectivity index (χ1) is 19.8. The molecular formula is C30H41N5O6. The summed E-state index contributed by atoms with van der Waals surface area (Å²) >= 11 is 0. The molecule has 4 rings (SSSR count). The molecule has 222 valence electrons. The maximum atomic E-state index is 13.6. The Balaban J connectivity index is 1.54. The van der Waals surface area contributed by atoms with Crippen LogP contribution >= 0.6 is 0 Å². The van der Waals surface area contributed by atoms with Gasteiger partial charge in [-0.25, -0.2) is 4.98 Å². The fourth-order valence-corrected chi connectivity index (χ4v) is 5.15. The second kappa shape index (κ2) is 14.8. The maximum absolute atomic E-state index is 13.6. The standard InChI is InChI=1S/C30H41N5O6/c1-19(2)26-29(39)33-23(16-20-8-4-3-5-9-20)30-34-24(18-41-30)27(37)31-13-7-6-10-22(28(38)35-26)32-25(36)17-21-11-14-40-15-12-21/h3-5,8-9,18-19,21-23,26H,6-7,10-17H2,1-2H3,(H,31,37)(H,32,36)(H,33,39)(H,35,38)/t22-,23+,26-/m0/s1. The summed E-state index contributed by atoms with van der Waals surface area (Å²) in [5, 5.41) is 11.6. The van der Waals surface area contributed by atoms with Gasteiger partial charge in [-0.2, -0.15) is 0 Å². The highest BCUT2D eigenvalue weighted by atomic mass is 16.5. The van der Waals surface area contributed by atoms with Gasteiger partial charge in [-0.1, -0.05) is 44.2 Å². The third kappa shape index (κ3) is 8.88. The number of hydrogen-bond donors (Lipinski definition) is 4. The average molecular weight is 568 g/mol. The molecule has 1 fully saturated rings. The molecule has 2 aliphatic rings. The first kappa shape index (κ1) is 30.2. The van der Waals surface area contributed by atoms with E-state index < -0.39 is 29.9 Å². The summed E-state index contributed by atoms with van der Waals surface area (Å²) in [4.78, 5) is 57.1. The zero-order valence-corrected chi connectivity index (χ0v) is 23.8. The Hall–Kier alpha value is -3.73. The number of carbonyl (C=O) groups is 4. The van der Waals surface area contributed by atoms with E-state index in [4.69, 9.17) is 9.15 Å². The molecule has 3 heterocycles. The monoisotopic (exact) mass is 567 g/mol. The van der Waals surface area contributed by atoms with Crippen molar-refractivity contribution in [2.24, 2.45) is 11.8 Å². The molecule has 1 aromatic heterocycles. The molecule has 4 amide bonds. The van der Waals surface area contributed by atoms with E-state index in [1.807, 2.05) is 44.2 Å². The maximum Gasteiger partial charge on any atom is 0.273 e. The van der Waals surface area contributed by atoms with Crippen LogP contribution in [0.25, 0.3) is 0 Å². The van der Waals surface area contributed by atoms with Gasteiger partial charge in [-0.15, -0.1) is 0 Å². The molecule has 2 aliphatic heterocycles. The van der Waals surface area contributed by atoms with Gasteiger partial charge in [0.2, 0.25) is 23.6 Å². The summed E-state index contributed by atoms with van der Waals surface area (Å²) in [6, 6.07) is 7.22. The van der Waals surface area contributed by atoms with Gasteiger partial charge in [0.15, 0.2) is 5.69 Å². The normalized spacial score (nSPS) is 23.4. The number of aromatic nitrogens is 1. The molecule has 2 aromatic rings. The van der Waals surface area contributed by atoms with Crippen LogP contribution in [0, 0.1) is 11.8 Å². The van der Waals surface area contributed by atoms with Crippen LogP contribution in [-0.4, -0.2) is 60.5 Å². The van der Waals surface area contributed by atoms with Crippen molar-refractivity contribution in [2.75, 3.05) is 19.8 Å². The molecule has 2 bridgehead atoms. The number of rotatable bonds is 6. The van der Waals surface area contributed by atoms with Crippen molar-refractivity contribution in [3.63, 3.8) is 0 Å². The summed E-state index contributed by atoms with van der Waals surface area (Å²) in [7, 11) is 0. The zero-order chi connectivity index (χ0) is 29.2. The lowest BCUT2D eigenvalue weighted by Crippen LogP contribution is -2.56. The molecule has 1 saturated heterocycles. The second-order valence-corrected chi connectivity index (χ2v) is 11.2. The second-order valence-electron chi connectivity index (χ2n) is 11.2. The molecule has 0 unspecified atom stereocenters. The Morgan fingerprint density at radius 1 is 1.02 bits per heavy atom. The molecule has 41 heavy (non-hydrogen) atoms. The van der Waals surface area contributed by atoms with E-state index in [-0.39, 0.29) is 35.2 Å². The number of hydrogen-bond acceptors (Lipinski definition) is 7. The Morgan fingerprint density at radius 2 is 1.78 bits per heavy atom. The summed E-state index contributed by atoms with van der Waals surface area (Å²) < 4.78 is 11.0. The number of ether oxygens (including phenoxy) is 1. The predicted molar refractivity (Wildman–Crippen MR) is 151 cm³/mol. The Bertz CT molecular complexity index is 1180. The zero-order valence-electron chi connectivity index (χ0n) is 23.8. The third-order valence-corrected chi connectivity index (χ3v) is 7.57. The van der Waals surface area contributed by atoms with E-state index in [2.05, 4.69) is 26.3 Å². The van der Waals surface area contributed by atoms with Crippen molar-refractivity contribution >= 4 is 23.6 Å². The number of benzene rings is 1. The van der Waals surface area contributed by atoms with E-state index in [1.165, 1.54) is 6.26 Å². The molecule has 1 aromatic carbocycles.